The Morgan fingerprint density at radius 3 is 2.33 bits per heavy atom. The predicted octanol–water partition coefficient (Wildman–Crippen LogP) is 2.89. The number of halogens is 1. The fraction of sp³-hybridized carbons (Fsp3) is 0.167. The predicted molar refractivity (Wildman–Crippen MR) is 82.9 cm³/mol. The van der Waals surface area contributed by atoms with Gasteiger partial charge in [-0.2, -0.15) is 5.26 Å². The summed E-state index contributed by atoms with van der Waals surface area (Å²) in [5.41, 5.74) is 0.730. The molecule has 0 aliphatic rings. The zero-order valence-electron chi connectivity index (χ0n) is 12.9. The number of carbonyl (C=O) groups excluding carboxylic acids is 2. The molecule has 0 aliphatic heterocycles. The third-order valence-electron chi connectivity index (χ3n) is 3.15. The van der Waals surface area contributed by atoms with Crippen LogP contribution < -0.4 is 4.74 Å². The molecule has 0 unspecified atom stereocenters. The number of nitriles is 1. The normalized spacial score (nSPS) is 11.2. The lowest BCUT2D eigenvalue weighted by atomic mass is 10.1. The second-order valence-electron chi connectivity index (χ2n) is 4.93. The molecular formula is C18H14FNO4. The molecule has 6 heteroatoms. The van der Waals surface area contributed by atoms with Gasteiger partial charge in [-0.15, -0.1) is 0 Å². The summed E-state index contributed by atoms with van der Waals surface area (Å²) in [4.78, 5) is 23.8. The van der Waals surface area contributed by atoms with E-state index in [1.165, 1.54) is 19.1 Å². The van der Waals surface area contributed by atoms with Crippen molar-refractivity contribution in [1.82, 2.24) is 0 Å². The van der Waals surface area contributed by atoms with E-state index < -0.39 is 23.7 Å². The zero-order valence-corrected chi connectivity index (χ0v) is 12.9. The van der Waals surface area contributed by atoms with Crippen LogP contribution in [-0.4, -0.2) is 24.5 Å². The van der Waals surface area contributed by atoms with Gasteiger partial charge in [0.05, 0.1) is 11.6 Å². The zero-order chi connectivity index (χ0) is 17.5. The van der Waals surface area contributed by atoms with Crippen LogP contribution in [0, 0.1) is 17.1 Å². The number of nitrogens with zero attached hydrogens (tertiary/aromatic N) is 1. The van der Waals surface area contributed by atoms with E-state index in [-0.39, 0.29) is 12.2 Å². The van der Waals surface area contributed by atoms with Crippen molar-refractivity contribution in [3.63, 3.8) is 0 Å². The van der Waals surface area contributed by atoms with Crippen molar-refractivity contribution in [1.29, 1.82) is 5.26 Å². The number of esters is 1. The summed E-state index contributed by atoms with van der Waals surface area (Å²) in [6.45, 7) is 1.07. The molecule has 24 heavy (non-hydrogen) atoms. The lowest BCUT2D eigenvalue weighted by Gasteiger charge is -2.13. The number of hydrogen-bond donors (Lipinski definition) is 0. The quantitative estimate of drug-likeness (QED) is 0.602. The van der Waals surface area contributed by atoms with E-state index in [1.807, 2.05) is 6.07 Å². The highest BCUT2D eigenvalue weighted by molar-refractivity contribution is 6.00. The van der Waals surface area contributed by atoms with Gasteiger partial charge in [-0.25, -0.2) is 9.18 Å². The summed E-state index contributed by atoms with van der Waals surface area (Å²) in [7, 11) is 0. The van der Waals surface area contributed by atoms with Crippen LogP contribution in [0.4, 0.5) is 4.39 Å². The highest BCUT2D eigenvalue weighted by atomic mass is 19.1. The first kappa shape index (κ1) is 17.2. The van der Waals surface area contributed by atoms with Crippen LogP contribution in [0.15, 0.2) is 48.5 Å². The van der Waals surface area contributed by atoms with Crippen LogP contribution in [0.2, 0.25) is 0 Å². The van der Waals surface area contributed by atoms with Gasteiger partial charge in [0.15, 0.2) is 12.7 Å². The Morgan fingerprint density at radius 2 is 1.75 bits per heavy atom. The van der Waals surface area contributed by atoms with Crippen molar-refractivity contribution in [2.24, 2.45) is 0 Å². The Kier molecular flexibility index (Phi) is 5.63. The van der Waals surface area contributed by atoms with Crippen LogP contribution in [-0.2, 0) is 9.53 Å². The fourth-order valence-electron chi connectivity index (χ4n) is 1.90. The summed E-state index contributed by atoms with van der Waals surface area (Å²) in [6, 6.07) is 13.2. The number of ketones is 1. The van der Waals surface area contributed by atoms with Crippen LogP contribution >= 0.6 is 0 Å². The van der Waals surface area contributed by atoms with Gasteiger partial charge in [-0.3, -0.25) is 4.79 Å². The third-order valence-corrected chi connectivity index (χ3v) is 3.15. The van der Waals surface area contributed by atoms with E-state index >= 15 is 0 Å². The molecule has 0 saturated heterocycles. The van der Waals surface area contributed by atoms with Gasteiger partial charge in [-0.1, -0.05) is 0 Å². The summed E-state index contributed by atoms with van der Waals surface area (Å²) >= 11 is 0. The minimum Gasteiger partial charge on any atom is -0.482 e. The average Bonchev–Trinajstić information content (AvgIpc) is 2.60. The van der Waals surface area contributed by atoms with E-state index in [2.05, 4.69) is 0 Å². The molecule has 1 atom stereocenters. The maximum atomic E-state index is 12.8. The van der Waals surface area contributed by atoms with Crippen molar-refractivity contribution in [2.45, 2.75) is 13.0 Å². The second kappa shape index (κ2) is 7.88. The summed E-state index contributed by atoms with van der Waals surface area (Å²) in [6.07, 6.45) is -1.01. The number of hydrogen-bond acceptors (Lipinski definition) is 5. The van der Waals surface area contributed by atoms with Gasteiger partial charge in [0.25, 0.3) is 0 Å². The maximum absolute atomic E-state index is 12.8. The molecule has 0 radical (unpaired) electrons. The van der Waals surface area contributed by atoms with E-state index in [4.69, 9.17) is 14.7 Å². The van der Waals surface area contributed by atoms with E-state index in [1.54, 1.807) is 24.3 Å². The molecule has 2 aromatic rings. The molecule has 0 aromatic heterocycles. The number of ether oxygens (including phenoxy) is 2. The summed E-state index contributed by atoms with van der Waals surface area (Å²) in [5.74, 6) is -1.18. The number of benzene rings is 2. The molecule has 0 N–H and O–H groups in total. The van der Waals surface area contributed by atoms with Gasteiger partial charge in [-0.05, 0) is 55.5 Å². The van der Waals surface area contributed by atoms with E-state index in [0.717, 1.165) is 12.1 Å². The third kappa shape index (κ3) is 4.65. The first-order valence-electron chi connectivity index (χ1n) is 7.12. The summed E-state index contributed by atoms with van der Waals surface area (Å²) < 4.78 is 23.1. The largest absolute Gasteiger partial charge is 0.482 e. The fourth-order valence-corrected chi connectivity index (χ4v) is 1.90. The highest BCUT2D eigenvalue weighted by Gasteiger charge is 2.19. The van der Waals surface area contributed by atoms with Gasteiger partial charge in [0.2, 0.25) is 5.78 Å². The number of Topliss-reactive ketones (excluding diaryl/α,β-unsaturated/α-hetero) is 1. The lowest BCUT2D eigenvalue weighted by molar-refractivity contribution is -0.148. The minimum absolute atomic E-state index is 0.254. The van der Waals surface area contributed by atoms with Crippen LogP contribution in [0.3, 0.4) is 0 Å². The molecule has 0 amide bonds. The van der Waals surface area contributed by atoms with E-state index in [0.29, 0.717) is 11.3 Å². The molecule has 2 rings (SSSR count). The standard InChI is InChI=1S/C18H14FNO4/c1-12(18(22)14-4-6-15(19)7-5-14)24-17(21)11-23-16-8-2-13(10-20)3-9-16/h2-9,12H,11H2,1H3/t12-/m0/s1. The van der Waals surface area contributed by atoms with Crippen LogP contribution in [0.5, 0.6) is 5.75 Å². The SMILES string of the molecule is C[C@H](OC(=O)COc1ccc(C#N)cc1)C(=O)c1ccc(F)cc1. The van der Waals surface area contributed by atoms with Crippen molar-refractivity contribution in [3.8, 4) is 11.8 Å². The molecule has 0 fully saturated rings. The Labute approximate surface area is 138 Å². The van der Waals surface area contributed by atoms with Gasteiger partial charge in [0, 0.05) is 5.56 Å². The minimum atomic E-state index is -1.01. The first-order valence-corrected chi connectivity index (χ1v) is 7.12. The molecule has 0 saturated carbocycles. The molecular weight excluding hydrogens is 313 g/mol. The Bertz CT molecular complexity index is 763. The maximum Gasteiger partial charge on any atom is 0.344 e. The lowest BCUT2D eigenvalue weighted by Crippen LogP contribution is -2.27. The molecule has 0 spiro atoms. The molecule has 2 aromatic carbocycles. The molecule has 0 aliphatic carbocycles. The Morgan fingerprint density at radius 1 is 1.12 bits per heavy atom. The average molecular weight is 327 g/mol. The molecule has 0 bridgehead atoms. The number of rotatable bonds is 6. The van der Waals surface area contributed by atoms with Crippen molar-refractivity contribution < 1.29 is 23.5 Å². The van der Waals surface area contributed by atoms with Crippen LogP contribution in [0.25, 0.3) is 0 Å². The van der Waals surface area contributed by atoms with Crippen molar-refractivity contribution in [3.05, 3.63) is 65.5 Å². The summed E-state index contributed by atoms with van der Waals surface area (Å²) in [5, 5.41) is 8.69. The highest BCUT2D eigenvalue weighted by Crippen LogP contribution is 2.12. The van der Waals surface area contributed by atoms with Gasteiger partial charge in [0.1, 0.15) is 11.6 Å². The Hall–Kier alpha value is -3.20. The van der Waals surface area contributed by atoms with Gasteiger partial charge >= 0.3 is 5.97 Å². The van der Waals surface area contributed by atoms with Gasteiger partial charge < -0.3 is 9.47 Å². The smallest absolute Gasteiger partial charge is 0.344 e. The second-order valence-corrected chi connectivity index (χ2v) is 4.93. The van der Waals surface area contributed by atoms with Crippen molar-refractivity contribution in [2.75, 3.05) is 6.61 Å². The number of carbonyl (C=O) groups is 2. The first-order chi connectivity index (χ1) is 11.5. The van der Waals surface area contributed by atoms with E-state index in [9.17, 15) is 14.0 Å². The molecule has 122 valence electrons. The topological polar surface area (TPSA) is 76.4 Å². The Balaban J connectivity index is 1.85. The van der Waals surface area contributed by atoms with Crippen LogP contribution in [0.1, 0.15) is 22.8 Å². The molecule has 5 nitrogen and oxygen atoms in total. The van der Waals surface area contributed by atoms with Crippen molar-refractivity contribution >= 4 is 11.8 Å². The molecule has 0 heterocycles. The monoisotopic (exact) mass is 327 g/mol.